The fourth-order valence-corrected chi connectivity index (χ4v) is 6.60. The average Bonchev–Trinajstić information content (AvgIpc) is 2.66. The molecule has 0 aromatic carbocycles. The normalized spacial score (nSPS) is 36.3. The van der Waals surface area contributed by atoms with Gasteiger partial charge in [-0.3, -0.25) is 4.79 Å². The Morgan fingerprint density at radius 2 is 1.62 bits per heavy atom. The van der Waals surface area contributed by atoms with Crippen LogP contribution in [0, 0.1) is 29.1 Å². The summed E-state index contributed by atoms with van der Waals surface area (Å²) in [6.07, 6.45) is 13.5. The maximum atomic E-state index is 13.1. The third-order valence-electron chi connectivity index (χ3n) is 7.52. The highest BCUT2D eigenvalue weighted by Crippen LogP contribution is 2.60. The summed E-state index contributed by atoms with van der Waals surface area (Å²) in [5.74, 6) is 4.31. The Morgan fingerprint density at radius 1 is 1.04 bits per heavy atom. The molecule has 1 aromatic heterocycles. The smallest absolute Gasteiger partial charge is 0.226 e. The van der Waals surface area contributed by atoms with Crippen molar-refractivity contribution in [3.8, 4) is 0 Å². The van der Waals surface area contributed by atoms with Gasteiger partial charge in [-0.25, -0.2) is 9.97 Å². The predicted octanol–water partition coefficient (Wildman–Crippen LogP) is 3.03. The Hall–Kier alpha value is -1.65. The van der Waals surface area contributed by atoms with E-state index in [4.69, 9.17) is 0 Å². The molecule has 4 aliphatic carbocycles. The third-order valence-corrected chi connectivity index (χ3v) is 7.52. The first-order valence-corrected chi connectivity index (χ1v) is 10.5. The van der Waals surface area contributed by atoms with Gasteiger partial charge >= 0.3 is 0 Å². The number of piperidine rings is 1. The van der Waals surface area contributed by atoms with Crippen LogP contribution >= 0.6 is 0 Å². The number of carbonyl (C=O) groups excluding carboxylic acids is 1. The van der Waals surface area contributed by atoms with E-state index in [-0.39, 0.29) is 5.41 Å². The predicted molar refractivity (Wildman–Crippen MR) is 101 cm³/mol. The highest BCUT2D eigenvalue weighted by molar-refractivity contribution is 5.83. The van der Waals surface area contributed by atoms with Crippen molar-refractivity contribution in [2.45, 2.75) is 51.4 Å². The van der Waals surface area contributed by atoms with E-state index in [1.165, 1.54) is 19.3 Å². The maximum absolute atomic E-state index is 13.1. The molecule has 2 heterocycles. The number of anilines is 1. The molecule has 6 rings (SSSR count). The van der Waals surface area contributed by atoms with Gasteiger partial charge in [-0.15, -0.1) is 0 Å². The van der Waals surface area contributed by atoms with Crippen molar-refractivity contribution in [1.82, 2.24) is 15.3 Å². The molecule has 1 aromatic rings. The van der Waals surface area contributed by atoms with Gasteiger partial charge in [0.05, 0.1) is 0 Å². The van der Waals surface area contributed by atoms with Crippen LogP contribution in [0.25, 0.3) is 0 Å². The van der Waals surface area contributed by atoms with Crippen molar-refractivity contribution >= 4 is 11.9 Å². The molecule has 26 heavy (non-hydrogen) atoms. The van der Waals surface area contributed by atoms with Gasteiger partial charge in [0.15, 0.2) is 0 Å². The standard InChI is InChI=1S/C21H30N4O/c26-19(21-11-16-8-17(12-21)10-18(9-16)13-21)24-14-15-2-6-25(7-3-15)20-22-4-1-5-23-20/h1,4-5,15-18H,2-3,6-14H2,(H,24,26). The summed E-state index contributed by atoms with van der Waals surface area (Å²) in [5.41, 5.74) is -0.00662. The van der Waals surface area contributed by atoms with Gasteiger partial charge in [0.25, 0.3) is 0 Å². The van der Waals surface area contributed by atoms with Crippen LogP contribution in [0.1, 0.15) is 51.4 Å². The Kier molecular flexibility index (Phi) is 4.13. The summed E-state index contributed by atoms with van der Waals surface area (Å²) in [6, 6.07) is 1.86. The number of amides is 1. The molecule has 0 radical (unpaired) electrons. The molecular weight excluding hydrogens is 324 g/mol. The summed E-state index contributed by atoms with van der Waals surface area (Å²) in [6.45, 7) is 2.83. The minimum atomic E-state index is -0.00662. The first-order chi connectivity index (χ1) is 12.7. The van der Waals surface area contributed by atoms with Crippen molar-refractivity contribution in [1.29, 1.82) is 0 Å². The summed E-state index contributed by atoms with van der Waals surface area (Å²) in [5, 5.41) is 3.38. The van der Waals surface area contributed by atoms with Crippen molar-refractivity contribution < 1.29 is 4.79 Å². The largest absolute Gasteiger partial charge is 0.355 e. The Balaban J connectivity index is 1.14. The molecule has 140 valence electrons. The van der Waals surface area contributed by atoms with E-state index in [0.29, 0.717) is 11.8 Å². The lowest BCUT2D eigenvalue weighted by molar-refractivity contribution is -0.146. The second-order valence-corrected chi connectivity index (χ2v) is 9.39. The lowest BCUT2D eigenvalue weighted by Crippen LogP contribution is -2.54. The molecule has 1 aliphatic heterocycles. The lowest BCUT2D eigenvalue weighted by atomic mass is 9.49. The Morgan fingerprint density at radius 3 is 2.19 bits per heavy atom. The van der Waals surface area contributed by atoms with Gasteiger partial charge in [-0.1, -0.05) is 0 Å². The van der Waals surface area contributed by atoms with Crippen LogP contribution in [-0.2, 0) is 4.79 Å². The van der Waals surface area contributed by atoms with E-state index in [0.717, 1.165) is 75.4 Å². The molecule has 1 saturated heterocycles. The molecule has 4 bridgehead atoms. The number of aromatic nitrogens is 2. The maximum Gasteiger partial charge on any atom is 0.226 e. The summed E-state index contributed by atoms with van der Waals surface area (Å²) in [7, 11) is 0. The Labute approximate surface area is 156 Å². The minimum Gasteiger partial charge on any atom is -0.355 e. The van der Waals surface area contributed by atoms with Gasteiger partial charge in [0.1, 0.15) is 0 Å². The fraction of sp³-hybridized carbons (Fsp3) is 0.762. The number of hydrogen-bond acceptors (Lipinski definition) is 4. The zero-order valence-electron chi connectivity index (χ0n) is 15.6. The molecule has 0 atom stereocenters. The molecule has 5 heteroatoms. The minimum absolute atomic E-state index is 0.00662. The first kappa shape index (κ1) is 16.5. The monoisotopic (exact) mass is 354 g/mol. The lowest BCUT2D eigenvalue weighted by Gasteiger charge is -2.55. The van der Waals surface area contributed by atoms with Gasteiger partial charge in [0, 0.05) is 37.4 Å². The van der Waals surface area contributed by atoms with E-state index in [1.54, 1.807) is 12.4 Å². The van der Waals surface area contributed by atoms with Gasteiger partial charge in [-0.05, 0) is 81.1 Å². The van der Waals surface area contributed by atoms with Crippen LogP contribution in [0.2, 0.25) is 0 Å². The first-order valence-electron chi connectivity index (χ1n) is 10.5. The summed E-state index contributed by atoms with van der Waals surface area (Å²) < 4.78 is 0. The number of nitrogens with one attached hydrogen (secondary N) is 1. The quantitative estimate of drug-likeness (QED) is 0.903. The number of hydrogen-bond donors (Lipinski definition) is 1. The zero-order valence-corrected chi connectivity index (χ0v) is 15.6. The Bertz CT molecular complexity index is 618. The third kappa shape index (κ3) is 2.99. The van der Waals surface area contributed by atoms with Gasteiger partial charge < -0.3 is 10.2 Å². The van der Waals surface area contributed by atoms with Crippen LogP contribution in [0.5, 0.6) is 0 Å². The molecule has 0 spiro atoms. The van der Waals surface area contributed by atoms with Crippen LogP contribution in [0.15, 0.2) is 18.5 Å². The van der Waals surface area contributed by atoms with Crippen molar-refractivity contribution in [3.63, 3.8) is 0 Å². The van der Waals surface area contributed by atoms with Crippen molar-refractivity contribution in [2.24, 2.45) is 29.1 Å². The number of nitrogens with zero attached hydrogens (tertiary/aromatic N) is 3. The second kappa shape index (κ2) is 6.50. The van der Waals surface area contributed by atoms with E-state index < -0.39 is 0 Å². The van der Waals surface area contributed by atoms with Crippen LogP contribution < -0.4 is 10.2 Å². The summed E-state index contributed by atoms with van der Waals surface area (Å²) >= 11 is 0. The number of carbonyl (C=O) groups is 1. The molecule has 5 fully saturated rings. The zero-order chi connectivity index (χ0) is 17.6. The second-order valence-electron chi connectivity index (χ2n) is 9.39. The summed E-state index contributed by atoms with van der Waals surface area (Å²) in [4.78, 5) is 24.1. The molecule has 1 N–H and O–H groups in total. The highest BCUT2D eigenvalue weighted by Gasteiger charge is 2.54. The van der Waals surface area contributed by atoms with Crippen LogP contribution in [-0.4, -0.2) is 35.5 Å². The SMILES string of the molecule is O=C(NCC1CCN(c2ncccn2)CC1)C12CC3CC(CC(C3)C1)C2. The van der Waals surface area contributed by atoms with Crippen LogP contribution in [0.4, 0.5) is 5.95 Å². The topological polar surface area (TPSA) is 58.1 Å². The highest BCUT2D eigenvalue weighted by atomic mass is 16.2. The molecule has 5 nitrogen and oxygen atoms in total. The van der Waals surface area contributed by atoms with Crippen molar-refractivity contribution in [2.75, 3.05) is 24.5 Å². The van der Waals surface area contributed by atoms with Crippen LogP contribution in [0.3, 0.4) is 0 Å². The van der Waals surface area contributed by atoms with E-state index in [9.17, 15) is 4.79 Å². The van der Waals surface area contributed by atoms with E-state index in [2.05, 4.69) is 20.2 Å². The molecule has 1 amide bonds. The molecule has 4 saturated carbocycles. The molecular formula is C21H30N4O. The van der Waals surface area contributed by atoms with Gasteiger partial charge in [-0.2, -0.15) is 0 Å². The average molecular weight is 354 g/mol. The molecule has 0 unspecified atom stereocenters. The van der Waals surface area contributed by atoms with Gasteiger partial charge in [0.2, 0.25) is 11.9 Å². The van der Waals surface area contributed by atoms with E-state index >= 15 is 0 Å². The van der Waals surface area contributed by atoms with Crippen molar-refractivity contribution in [3.05, 3.63) is 18.5 Å². The fourth-order valence-electron chi connectivity index (χ4n) is 6.60. The number of rotatable bonds is 4. The van der Waals surface area contributed by atoms with E-state index in [1.807, 2.05) is 6.07 Å². The molecule has 5 aliphatic rings.